The van der Waals surface area contributed by atoms with Gasteiger partial charge in [-0.1, -0.05) is 28.4 Å². The number of aryl methyl sites for hydroxylation is 1. The fraction of sp³-hybridized carbons (Fsp3) is 0.333. The Balaban J connectivity index is 2.28. The molecule has 1 aromatic heterocycles. The van der Waals surface area contributed by atoms with E-state index < -0.39 is 17.7 Å². The third-order valence-corrected chi connectivity index (χ3v) is 3.71. The van der Waals surface area contributed by atoms with Crippen molar-refractivity contribution in [3.05, 3.63) is 45.3 Å². The highest BCUT2D eigenvalue weighted by Crippen LogP contribution is 2.30. The Morgan fingerprint density at radius 2 is 1.92 bits per heavy atom. The van der Waals surface area contributed by atoms with E-state index in [9.17, 15) is 17.6 Å². The molecule has 0 saturated carbocycles. The van der Waals surface area contributed by atoms with Gasteiger partial charge in [0.05, 0.1) is 10.0 Å². The largest absolute Gasteiger partial charge is 0.471 e. The van der Waals surface area contributed by atoms with Crippen molar-refractivity contribution in [3.8, 4) is 5.88 Å². The van der Waals surface area contributed by atoms with Crippen LogP contribution in [0, 0.1) is 5.82 Å². The van der Waals surface area contributed by atoms with Crippen molar-refractivity contribution in [2.75, 3.05) is 13.2 Å². The van der Waals surface area contributed by atoms with Gasteiger partial charge in [0, 0.05) is 18.7 Å². The van der Waals surface area contributed by atoms with Crippen LogP contribution in [0.4, 0.5) is 17.6 Å². The summed E-state index contributed by atoms with van der Waals surface area (Å²) in [6.07, 6.45) is -4.61. The Hall–Kier alpha value is -2.00. The number of rotatable bonds is 6. The molecule has 1 aromatic carbocycles. The molecular weight excluding hydrogens is 401 g/mol. The summed E-state index contributed by atoms with van der Waals surface area (Å²) in [5.41, 5.74) is -0.892. The molecule has 0 saturated heterocycles. The van der Waals surface area contributed by atoms with E-state index in [-0.39, 0.29) is 40.4 Å². The number of ether oxygens (including phenoxy) is 1. The summed E-state index contributed by atoms with van der Waals surface area (Å²) in [5.74, 6) is -0.901. The molecular formula is C15H13Cl2F4N3O2. The first-order valence-corrected chi connectivity index (χ1v) is 7.96. The smallest absolute Gasteiger partial charge is 0.435 e. The summed E-state index contributed by atoms with van der Waals surface area (Å²) < 4.78 is 58.1. The summed E-state index contributed by atoms with van der Waals surface area (Å²) in [6.45, 7) is 1.54. The monoisotopic (exact) mass is 413 g/mol. The highest BCUT2D eigenvalue weighted by molar-refractivity contribution is 6.37. The van der Waals surface area contributed by atoms with E-state index in [1.807, 2.05) is 0 Å². The second-order valence-corrected chi connectivity index (χ2v) is 5.79. The highest BCUT2D eigenvalue weighted by Gasteiger charge is 2.35. The summed E-state index contributed by atoms with van der Waals surface area (Å²) in [6, 6.07) is 2.96. The van der Waals surface area contributed by atoms with Crippen molar-refractivity contribution in [1.82, 2.24) is 9.78 Å². The van der Waals surface area contributed by atoms with E-state index in [1.54, 1.807) is 6.92 Å². The van der Waals surface area contributed by atoms with Crippen molar-refractivity contribution < 1.29 is 27.1 Å². The molecule has 26 heavy (non-hydrogen) atoms. The number of oxime groups is 1. The maximum atomic E-state index is 13.7. The van der Waals surface area contributed by atoms with Crippen LogP contribution < -0.4 is 4.74 Å². The van der Waals surface area contributed by atoms with Gasteiger partial charge in [-0.15, -0.1) is 0 Å². The van der Waals surface area contributed by atoms with Gasteiger partial charge >= 0.3 is 6.18 Å². The second-order valence-electron chi connectivity index (χ2n) is 4.98. The first-order valence-electron chi connectivity index (χ1n) is 7.21. The van der Waals surface area contributed by atoms with Crippen molar-refractivity contribution in [2.45, 2.75) is 13.1 Å². The van der Waals surface area contributed by atoms with Gasteiger partial charge in [0.1, 0.15) is 24.7 Å². The molecule has 2 rings (SSSR count). The Labute approximate surface area is 156 Å². The molecule has 0 aliphatic carbocycles. The second kappa shape index (κ2) is 8.13. The van der Waals surface area contributed by atoms with E-state index in [0.717, 1.165) is 16.8 Å². The topological polar surface area (TPSA) is 48.6 Å². The quantitative estimate of drug-likeness (QED) is 0.298. The van der Waals surface area contributed by atoms with Crippen molar-refractivity contribution in [1.29, 1.82) is 0 Å². The first-order chi connectivity index (χ1) is 12.1. The van der Waals surface area contributed by atoms with Crippen molar-refractivity contribution in [3.63, 3.8) is 0 Å². The summed E-state index contributed by atoms with van der Waals surface area (Å²) in [7, 11) is 1.29. The van der Waals surface area contributed by atoms with Crippen LogP contribution in [-0.2, 0) is 18.1 Å². The average Bonchev–Trinajstić information content (AvgIpc) is 2.93. The summed E-state index contributed by atoms with van der Waals surface area (Å²) in [5, 5.41) is 7.02. The van der Waals surface area contributed by atoms with Gasteiger partial charge in [0.25, 0.3) is 0 Å². The maximum absolute atomic E-state index is 13.7. The van der Waals surface area contributed by atoms with Crippen LogP contribution in [0.2, 0.25) is 10.0 Å². The lowest BCUT2D eigenvalue weighted by molar-refractivity contribution is -0.141. The standard InChI is InChI=1S/C15H13Cl2F4N3O2/c1-3-26-23-12(8-4-11(18)10(17)5-9(8)16)7-25-14-6-13(15(19,20)21)22-24(14)2/h4-6H,3,7H2,1-2H3/b23-12-. The van der Waals surface area contributed by atoms with E-state index in [0.29, 0.717) is 0 Å². The molecule has 0 N–H and O–H groups in total. The van der Waals surface area contributed by atoms with Crippen LogP contribution in [0.15, 0.2) is 23.4 Å². The van der Waals surface area contributed by atoms with Gasteiger partial charge in [-0.2, -0.15) is 18.3 Å². The minimum absolute atomic E-state index is 0.0715. The van der Waals surface area contributed by atoms with Gasteiger partial charge < -0.3 is 9.57 Å². The zero-order chi connectivity index (χ0) is 19.5. The lowest BCUT2D eigenvalue weighted by Gasteiger charge is -2.11. The minimum atomic E-state index is -4.61. The molecule has 0 aliphatic rings. The number of aromatic nitrogens is 2. The van der Waals surface area contributed by atoms with E-state index in [4.69, 9.17) is 32.8 Å². The Kier molecular flexibility index (Phi) is 6.35. The molecule has 5 nitrogen and oxygen atoms in total. The molecule has 0 atom stereocenters. The Bertz CT molecular complexity index is 822. The molecule has 0 fully saturated rings. The molecule has 0 amide bonds. The van der Waals surface area contributed by atoms with Crippen LogP contribution >= 0.6 is 23.2 Å². The number of hydrogen-bond donors (Lipinski definition) is 0. The lowest BCUT2D eigenvalue weighted by Crippen LogP contribution is -2.16. The highest BCUT2D eigenvalue weighted by atomic mass is 35.5. The van der Waals surface area contributed by atoms with Gasteiger partial charge in [-0.05, 0) is 19.1 Å². The van der Waals surface area contributed by atoms with Crippen molar-refractivity contribution in [2.24, 2.45) is 12.2 Å². The first kappa shape index (κ1) is 20.3. The SMILES string of the molecule is CCO/N=C(/COc1cc(C(F)(F)F)nn1C)c1cc(F)c(Cl)cc1Cl. The molecule has 11 heteroatoms. The van der Waals surface area contributed by atoms with Crippen LogP contribution in [0.1, 0.15) is 18.2 Å². The lowest BCUT2D eigenvalue weighted by atomic mass is 10.1. The number of hydrogen-bond acceptors (Lipinski definition) is 4. The number of nitrogens with zero attached hydrogens (tertiary/aromatic N) is 3. The molecule has 0 spiro atoms. The van der Waals surface area contributed by atoms with Gasteiger partial charge in [0.15, 0.2) is 5.69 Å². The van der Waals surface area contributed by atoms with Gasteiger partial charge in [-0.3, -0.25) is 0 Å². The fourth-order valence-corrected chi connectivity index (χ4v) is 2.40. The molecule has 142 valence electrons. The summed E-state index contributed by atoms with van der Waals surface area (Å²) >= 11 is 11.7. The average molecular weight is 414 g/mol. The van der Waals surface area contributed by atoms with E-state index in [2.05, 4.69) is 10.3 Å². The number of halogens is 6. The van der Waals surface area contributed by atoms with Crippen LogP contribution in [-0.4, -0.2) is 28.7 Å². The maximum Gasteiger partial charge on any atom is 0.435 e. The molecule has 0 radical (unpaired) electrons. The Morgan fingerprint density at radius 1 is 1.23 bits per heavy atom. The zero-order valence-electron chi connectivity index (χ0n) is 13.6. The summed E-state index contributed by atoms with van der Waals surface area (Å²) in [4.78, 5) is 4.94. The van der Waals surface area contributed by atoms with Gasteiger partial charge in [0.2, 0.25) is 5.88 Å². The predicted octanol–water partition coefficient (Wildman–Crippen LogP) is 4.70. The third-order valence-electron chi connectivity index (χ3n) is 3.11. The van der Waals surface area contributed by atoms with Gasteiger partial charge in [-0.25, -0.2) is 9.07 Å². The third kappa shape index (κ3) is 4.79. The fourth-order valence-electron chi connectivity index (χ4n) is 1.91. The van der Waals surface area contributed by atoms with E-state index in [1.165, 1.54) is 13.1 Å². The van der Waals surface area contributed by atoms with Crippen LogP contribution in [0.25, 0.3) is 0 Å². The molecule has 0 aliphatic heterocycles. The van der Waals surface area contributed by atoms with Crippen LogP contribution in [0.5, 0.6) is 5.88 Å². The molecule has 0 bridgehead atoms. The molecule has 0 unspecified atom stereocenters. The minimum Gasteiger partial charge on any atom is -0.471 e. The number of alkyl halides is 3. The van der Waals surface area contributed by atoms with E-state index >= 15 is 0 Å². The zero-order valence-corrected chi connectivity index (χ0v) is 15.1. The van der Waals surface area contributed by atoms with Crippen molar-refractivity contribution >= 4 is 28.9 Å². The Morgan fingerprint density at radius 3 is 2.50 bits per heavy atom. The molecule has 2 aromatic rings. The number of benzene rings is 1. The predicted molar refractivity (Wildman–Crippen MR) is 88.3 cm³/mol. The normalized spacial score (nSPS) is 12.4. The van der Waals surface area contributed by atoms with Crippen LogP contribution in [0.3, 0.4) is 0 Å². The molecule has 1 heterocycles.